The number of benzene rings is 1. The van der Waals surface area contributed by atoms with Crippen LogP contribution in [0.1, 0.15) is 18.4 Å². The van der Waals surface area contributed by atoms with E-state index < -0.39 is 0 Å². The lowest BCUT2D eigenvalue weighted by molar-refractivity contribution is 0.940. The standard InChI is InChI=1S/C11H16N2.2ClH/c12-9-10-5-1-2-6-11(10)13-7-3-4-8-13;;/h1-2,5-6H,3-4,7-9,12H2;2*1H. The Labute approximate surface area is 104 Å². The van der Waals surface area contributed by atoms with Crippen LogP contribution in [0.15, 0.2) is 24.3 Å². The van der Waals surface area contributed by atoms with Crippen LogP contribution in [0.5, 0.6) is 0 Å². The van der Waals surface area contributed by atoms with Crippen LogP contribution in [0, 0.1) is 0 Å². The Bertz CT molecular complexity index is 286. The van der Waals surface area contributed by atoms with Crippen LogP contribution in [-0.4, -0.2) is 13.1 Å². The van der Waals surface area contributed by atoms with E-state index in [4.69, 9.17) is 5.73 Å². The SMILES string of the molecule is Cl.Cl.NCc1ccccc1N1CCCC1. The number of para-hydroxylation sites is 1. The third-order valence-electron chi connectivity index (χ3n) is 2.66. The zero-order valence-electron chi connectivity index (χ0n) is 8.69. The molecular weight excluding hydrogens is 231 g/mol. The van der Waals surface area contributed by atoms with Crippen LogP contribution in [0.4, 0.5) is 5.69 Å². The fraction of sp³-hybridized carbons (Fsp3) is 0.455. The second-order valence-corrected chi connectivity index (χ2v) is 3.53. The van der Waals surface area contributed by atoms with E-state index in [-0.39, 0.29) is 24.8 Å². The van der Waals surface area contributed by atoms with Gasteiger partial charge in [0.25, 0.3) is 0 Å². The molecule has 2 rings (SSSR count). The van der Waals surface area contributed by atoms with Crippen molar-refractivity contribution in [1.29, 1.82) is 0 Å². The molecule has 1 aromatic rings. The van der Waals surface area contributed by atoms with E-state index in [1.165, 1.54) is 37.2 Å². The zero-order chi connectivity index (χ0) is 9.10. The molecule has 0 unspecified atom stereocenters. The molecule has 1 aliphatic rings. The number of nitrogens with zero attached hydrogens (tertiary/aromatic N) is 1. The average molecular weight is 249 g/mol. The highest BCUT2D eigenvalue weighted by molar-refractivity contribution is 5.85. The second-order valence-electron chi connectivity index (χ2n) is 3.53. The van der Waals surface area contributed by atoms with Crippen molar-refractivity contribution in [2.75, 3.05) is 18.0 Å². The van der Waals surface area contributed by atoms with E-state index in [0.29, 0.717) is 6.54 Å². The molecule has 0 aliphatic carbocycles. The second kappa shape index (κ2) is 6.94. The molecule has 2 N–H and O–H groups in total. The molecule has 0 bridgehead atoms. The van der Waals surface area contributed by atoms with Gasteiger partial charge in [0.1, 0.15) is 0 Å². The van der Waals surface area contributed by atoms with Crippen LogP contribution in [0.3, 0.4) is 0 Å². The van der Waals surface area contributed by atoms with Crippen molar-refractivity contribution in [2.45, 2.75) is 19.4 Å². The van der Waals surface area contributed by atoms with Gasteiger partial charge in [-0.2, -0.15) is 0 Å². The summed E-state index contributed by atoms with van der Waals surface area (Å²) in [6, 6.07) is 8.44. The maximum absolute atomic E-state index is 5.69. The van der Waals surface area contributed by atoms with Gasteiger partial charge in [0, 0.05) is 25.3 Å². The molecule has 0 saturated carbocycles. The molecule has 1 heterocycles. The monoisotopic (exact) mass is 248 g/mol. The molecule has 1 fully saturated rings. The van der Waals surface area contributed by atoms with Gasteiger partial charge in [-0.05, 0) is 24.5 Å². The predicted molar refractivity (Wildman–Crippen MR) is 70.3 cm³/mol. The molecule has 15 heavy (non-hydrogen) atoms. The zero-order valence-corrected chi connectivity index (χ0v) is 10.3. The summed E-state index contributed by atoms with van der Waals surface area (Å²) in [6.45, 7) is 3.03. The van der Waals surface area contributed by atoms with Gasteiger partial charge in [0.2, 0.25) is 0 Å². The number of anilines is 1. The summed E-state index contributed by atoms with van der Waals surface area (Å²) >= 11 is 0. The van der Waals surface area contributed by atoms with E-state index in [9.17, 15) is 0 Å². The number of hydrogen-bond acceptors (Lipinski definition) is 2. The smallest absolute Gasteiger partial charge is 0.0411 e. The van der Waals surface area contributed by atoms with Crippen molar-refractivity contribution in [3.05, 3.63) is 29.8 Å². The van der Waals surface area contributed by atoms with Crippen molar-refractivity contribution in [3.63, 3.8) is 0 Å². The first kappa shape index (κ1) is 14.6. The van der Waals surface area contributed by atoms with Crippen LogP contribution in [-0.2, 0) is 6.54 Å². The predicted octanol–water partition coefficient (Wildman–Crippen LogP) is 2.59. The number of rotatable bonds is 2. The molecule has 1 aromatic carbocycles. The largest absolute Gasteiger partial charge is 0.371 e. The molecule has 4 heteroatoms. The summed E-state index contributed by atoms with van der Waals surface area (Å²) in [4.78, 5) is 2.43. The molecule has 0 amide bonds. The molecule has 0 atom stereocenters. The number of halogens is 2. The van der Waals surface area contributed by atoms with Crippen LogP contribution in [0.2, 0.25) is 0 Å². The van der Waals surface area contributed by atoms with E-state index >= 15 is 0 Å². The minimum atomic E-state index is 0. The van der Waals surface area contributed by atoms with E-state index in [0.717, 1.165) is 0 Å². The highest BCUT2D eigenvalue weighted by Crippen LogP contribution is 2.23. The van der Waals surface area contributed by atoms with Gasteiger partial charge in [-0.1, -0.05) is 18.2 Å². The Morgan fingerprint density at radius 2 is 1.67 bits per heavy atom. The fourth-order valence-corrected chi connectivity index (χ4v) is 1.95. The quantitative estimate of drug-likeness (QED) is 0.872. The molecule has 1 aliphatic heterocycles. The molecular formula is C11H18Cl2N2. The van der Waals surface area contributed by atoms with E-state index in [1.807, 2.05) is 0 Å². The summed E-state index contributed by atoms with van der Waals surface area (Å²) < 4.78 is 0. The highest BCUT2D eigenvalue weighted by Gasteiger charge is 2.13. The van der Waals surface area contributed by atoms with Gasteiger partial charge < -0.3 is 10.6 Å². The van der Waals surface area contributed by atoms with Crippen LogP contribution < -0.4 is 10.6 Å². The summed E-state index contributed by atoms with van der Waals surface area (Å²) in [5.41, 5.74) is 8.30. The maximum Gasteiger partial charge on any atom is 0.0411 e. The summed E-state index contributed by atoms with van der Waals surface area (Å²) in [5, 5.41) is 0. The fourth-order valence-electron chi connectivity index (χ4n) is 1.95. The summed E-state index contributed by atoms with van der Waals surface area (Å²) in [6.07, 6.45) is 2.64. The van der Waals surface area contributed by atoms with Crippen molar-refractivity contribution < 1.29 is 0 Å². The van der Waals surface area contributed by atoms with Gasteiger partial charge in [-0.15, -0.1) is 24.8 Å². The third kappa shape index (κ3) is 3.26. The molecule has 1 saturated heterocycles. The van der Waals surface area contributed by atoms with Gasteiger partial charge in [-0.25, -0.2) is 0 Å². The van der Waals surface area contributed by atoms with Crippen LogP contribution in [0.25, 0.3) is 0 Å². The lowest BCUT2D eigenvalue weighted by Crippen LogP contribution is -2.19. The van der Waals surface area contributed by atoms with Crippen molar-refractivity contribution in [1.82, 2.24) is 0 Å². The van der Waals surface area contributed by atoms with Gasteiger partial charge >= 0.3 is 0 Å². The Morgan fingerprint density at radius 1 is 1.07 bits per heavy atom. The molecule has 0 aromatic heterocycles. The molecule has 2 nitrogen and oxygen atoms in total. The minimum absolute atomic E-state index is 0. The number of nitrogens with two attached hydrogens (primary N) is 1. The molecule has 0 radical (unpaired) electrons. The third-order valence-corrected chi connectivity index (χ3v) is 2.66. The van der Waals surface area contributed by atoms with Crippen molar-refractivity contribution in [3.8, 4) is 0 Å². The first-order valence-electron chi connectivity index (χ1n) is 4.95. The Hall–Kier alpha value is -0.440. The Morgan fingerprint density at radius 3 is 2.27 bits per heavy atom. The van der Waals surface area contributed by atoms with Gasteiger partial charge in [0.15, 0.2) is 0 Å². The highest BCUT2D eigenvalue weighted by atomic mass is 35.5. The first-order valence-corrected chi connectivity index (χ1v) is 4.95. The Balaban J connectivity index is 0.000000980. The summed E-state index contributed by atoms with van der Waals surface area (Å²) in [5.74, 6) is 0. The molecule has 86 valence electrons. The van der Waals surface area contributed by atoms with E-state index in [1.54, 1.807) is 0 Å². The normalized spacial score (nSPS) is 14.3. The summed E-state index contributed by atoms with van der Waals surface area (Å²) in [7, 11) is 0. The van der Waals surface area contributed by atoms with E-state index in [2.05, 4.69) is 29.2 Å². The average Bonchev–Trinajstić information content (AvgIpc) is 2.70. The van der Waals surface area contributed by atoms with Gasteiger partial charge in [-0.3, -0.25) is 0 Å². The van der Waals surface area contributed by atoms with Gasteiger partial charge in [0.05, 0.1) is 0 Å². The topological polar surface area (TPSA) is 29.3 Å². The lowest BCUT2D eigenvalue weighted by atomic mass is 10.1. The number of hydrogen-bond donors (Lipinski definition) is 1. The first-order chi connectivity index (χ1) is 6.42. The van der Waals surface area contributed by atoms with Crippen molar-refractivity contribution >= 4 is 30.5 Å². The van der Waals surface area contributed by atoms with Crippen molar-refractivity contribution in [2.24, 2.45) is 5.73 Å². The lowest BCUT2D eigenvalue weighted by Gasteiger charge is -2.20. The minimum Gasteiger partial charge on any atom is -0.371 e. The maximum atomic E-state index is 5.69. The van der Waals surface area contributed by atoms with Crippen LogP contribution >= 0.6 is 24.8 Å². The Kier molecular flexibility index (Phi) is 6.73. The molecule has 0 spiro atoms.